The maximum atomic E-state index is 11.8. The molecule has 0 bridgehead atoms. The van der Waals surface area contributed by atoms with E-state index in [0.29, 0.717) is 13.0 Å². The molecule has 0 radical (unpaired) electrons. The minimum absolute atomic E-state index is 0.214. The van der Waals surface area contributed by atoms with Gasteiger partial charge in [0.15, 0.2) is 0 Å². The van der Waals surface area contributed by atoms with Crippen molar-refractivity contribution in [3.8, 4) is 0 Å². The van der Waals surface area contributed by atoms with Gasteiger partial charge in [-0.05, 0) is 17.0 Å². The molecule has 0 aliphatic carbocycles. The number of thiophene rings is 1. The summed E-state index contributed by atoms with van der Waals surface area (Å²) in [4.78, 5) is 14.9. The van der Waals surface area contributed by atoms with Gasteiger partial charge in [0.05, 0.1) is 18.7 Å². The summed E-state index contributed by atoms with van der Waals surface area (Å²) >= 11 is 1.67. The van der Waals surface area contributed by atoms with E-state index in [1.165, 1.54) is 10.4 Å². The zero-order valence-electron chi connectivity index (χ0n) is 8.72. The summed E-state index contributed by atoms with van der Waals surface area (Å²) in [6, 6.07) is 12.1. The number of anilines is 1. The average Bonchev–Trinajstić information content (AvgIpc) is 2.84. The highest BCUT2D eigenvalue weighted by Gasteiger charge is 2.27. The van der Waals surface area contributed by atoms with E-state index in [1.54, 1.807) is 11.3 Å². The number of fused-ring (bicyclic) bond motifs is 1. The van der Waals surface area contributed by atoms with Crippen LogP contribution in [-0.2, 0) is 17.8 Å². The van der Waals surface area contributed by atoms with Gasteiger partial charge in [-0.2, -0.15) is 0 Å². The molecule has 1 aliphatic rings. The molecule has 1 aromatic carbocycles. The van der Waals surface area contributed by atoms with Crippen molar-refractivity contribution in [2.24, 2.45) is 0 Å². The normalized spacial score (nSPS) is 14.2. The van der Waals surface area contributed by atoms with Crippen LogP contribution in [0, 0.1) is 0 Å². The van der Waals surface area contributed by atoms with Crippen molar-refractivity contribution in [3.63, 3.8) is 0 Å². The maximum Gasteiger partial charge on any atom is 0.232 e. The summed E-state index contributed by atoms with van der Waals surface area (Å²) in [6.45, 7) is 0.684. The molecule has 0 fully saturated rings. The fraction of sp³-hybridized carbons (Fsp3) is 0.154. The van der Waals surface area contributed by atoms with E-state index in [1.807, 2.05) is 29.2 Å². The van der Waals surface area contributed by atoms with Crippen LogP contribution in [0.1, 0.15) is 10.4 Å². The average molecular weight is 229 g/mol. The fourth-order valence-electron chi connectivity index (χ4n) is 2.01. The summed E-state index contributed by atoms with van der Waals surface area (Å²) in [5.41, 5.74) is 2.27. The van der Waals surface area contributed by atoms with E-state index < -0.39 is 0 Å². The van der Waals surface area contributed by atoms with Crippen molar-refractivity contribution in [2.45, 2.75) is 13.0 Å². The number of amides is 1. The molecule has 1 aromatic heterocycles. The van der Waals surface area contributed by atoms with Crippen LogP contribution in [0.25, 0.3) is 0 Å². The number of carbonyl (C=O) groups excluding carboxylic acids is 1. The molecule has 2 nitrogen and oxygen atoms in total. The predicted molar refractivity (Wildman–Crippen MR) is 65.7 cm³/mol. The van der Waals surface area contributed by atoms with Crippen molar-refractivity contribution >= 4 is 22.9 Å². The van der Waals surface area contributed by atoms with E-state index >= 15 is 0 Å². The smallest absolute Gasteiger partial charge is 0.232 e. The van der Waals surface area contributed by atoms with Gasteiger partial charge in [-0.25, -0.2) is 0 Å². The highest BCUT2D eigenvalue weighted by molar-refractivity contribution is 7.10. The predicted octanol–water partition coefficient (Wildman–Crippen LogP) is 2.84. The zero-order chi connectivity index (χ0) is 11.0. The number of rotatable bonds is 2. The standard InChI is InChI=1S/C13H11NOS/c15-13-8-12-11(6-7-16-12)14(13)9-10-4-2-1-3-5-10/h1-7H,8-9H2. The summed E-state index contributed by atoms with van der Waals surface area (Å²) < 4.78 is 0. The minimum Gasteiger partial charge on any atom is -0.307 e. The maximum absolute atomic E-state index is 11.8. The molecular formula is C13H11NOS. The van der Waals surface area contributed by atoms with E-state index in [4.69, 9.17) is 0 Å². The van der Waals surface area contributed by atoms with Crippen molar-refractivity contribution in [3.05, 3.63) is 52.2 Å². The first-order valence-corrected chi connectivity index (χ1v) is 6.13. The number of benzene rings is 1. The lowest BCUT2D eigenvalue weighted by molar-refractivity contribution is -0.117. The Hall–Kier alpha value is -1.61. The lowest BCUT2D eigenvalue weighted by atomic mass is 10.2. The van der Waals surface area contributed by atoms with Crippen LogP contribution in [0.5, 0.6) is 0 Å². The lowest BCUT2D eigenvalue weighted by Gasteiger charge is -2.16. The van der Waals surface area contributed by atoms with Crippen molar-refractivity contribution < 1.29 is 4.79 Å². The molecule has 2 aromatic rings. The van der Waals surface area contributed by atoms with Crippen LogP contribution in [-0.4, -0.2) is 5.91 Å². The molecule has 3 heteroatoms. The van der Waals surface area contributed by atoms with Gasteiger partial charge in [0.2, 0.25) is 5.91 Å². The van der Waals surface area contributed by atoms with Gasteiger partial charge in [0.1, 0.15) is 0 Å². The van der Waals surface area contributed by atoms with Gasteiger partial charge >= 0.3 is 0 Å². The molecule has 1 amide bonds. The molecular weight excluding hydrogens is 218 g/mol. The van der Waals surface area contributed by atoms with Gasteiger partial charge in [0, 0.05) is 4.88 Å². The Morgan fingerprint density at radius 1 is 1.19 bits per heavy atom. The summed E-state index contributed by atoms with van der Waals surface area (Å²) in [5.74, 6) is 0.214. The molecule has 3 rings (SSSR count). The lowest BCUT2D eigenvalue weighted by Crippen LogP contribution is -2.25. The Kier molecular flexibility index (Phi) is 2.26. The van der Waals surface area contributed by atoms with E-state index in [0.717, 1.165) is 5.69 Å². The zero-order valence-corrected chi connectivity index (χ0v) is 9.54. The largest absolute Gasteiger partial charge is 0.307 e. The van der Waals surface area contributed by atoms with Crippen molar-refractivity contribution in [1.29, 1.82) is 0 Å². The molecule has 0 spiro atoms. The Labute approximate surface area is 98.1 Å². The first-order valence-electron chi connectivity index (χ1n) is 5.25. The molecule has 0 unspecified atom stereocenters. The Morgan fingerprint density at radius 2 is 2.00 bits per heavy atom. The van der Waals surface area contributed by atoms with Gasteiger partial charge < -0.3 is 4.90 Å². The van der Waals surface area contributed by atoms with Crippen LogP contribution in [0.3, 0.4) is 0 Å². The summed E-state index contributed by atoms with van der Waals surface area (Å²) in [7, 11) is 0. The number of nitrogens with zero attached hydrogens (tertiary/aromatic N) is 1. The number of carbonyl (C=O) groups is 1. The van der Waals surface area contributed by atoms with Crippen LogP contribution < -0.4 is 4.90 Å². The first-order chi connectivity index (χ1) is 7.84. The van der Waals surface area contributed by atoms with Gasteiger partial charge in [-0.1, -0.05) is 30.3 Å². The highest BCUT2D eigenvalue weighted by atomic mass is 32.1. The molecule has 0 saturated heterocycles. The van der Waals surface area contributed by atoms with E-state index in [2.05, 4.69) is 17.5 Å². The van der Waals surface area contributed by atoms with Crippen LogP contribution >= 0.6 is 11.3 Å². The Morgan fingerprint density at radius 3 is 2.81 bits per heavy atom. The van der Waals surface area contributed by atoms with Gasteiger partial charge in [-0.15, -0.1) is 11.3 Å². The first kappa shape index (κ1) is 9.60. The second kappa shape index (κ2) is 3.76. The molecule has 2 heterocycles. The third-order valence-corrected chi connectivity index (χ3v) is 3.72. The highest BCUT2D eigenvalue weighted by Crippen LogP contribution is 2.34. The fourth-order valence-corrected chi connectivity index (χ4v) is 2.88. The minimum atomic E-state index is 0.214. The monoisotopic (exact) mass is 229 g/mol. The third kappa shape index (κ3) is 1.53. The van der Waals surface area contributed by atoms with Crippen LogP contribution in [0.15, 0.2) is 41.8 Å². The third-order valence-electron chi connectivity index (χ3n) is 2.81. The van der Waals surface area contributed by atoms with Crippen LogP contribution in [0.2, 0.25) is 0 Å². The Balaban J connectivity index is 1.89. The molecule has 0 N–H and O–H groups in total. The molecule has 80 valence electrons. The van der Waals surface area contributed by atoms with E-state index in [9.17, 15) is 4.79 Å². The van der Waals surface area contributed by atoms with Gasteiger partial charge in [-0.3, -0.25) is 4.79 Å². The summed E-state index contributed by atoms with van der Waals surface area (Å²) in [6.07, 6.45) is 0.569. The molecule has 1 aliphatic heterocycles. The molecule has 0 saturated carbocycles. The SMILES string of the molecule is O=C1Cc2sccc2N1Cc1ccccc1. The number of hydrogen-bond donors (Lipinski definition) is 0. The second-order valence-electron chi connectivity index (χ2n) is 3.87. The number of hydrogen-bond acceptors (Lipinski definition) is 2. The van der Waals surface area contributed by atoms with Gasteiger partial charge in [0.25, 0.3) is 0 Å². The summed E-state index contributed by atoms with van der Waals surface area (Å²) in [5, 5.41) is 2.05. The quantitative estimate of drug-likeness (QED) is 0.775. The molecule has 0 atom stereocenters. The molecule has 16 heavy (non-hydrogen) atoms. The van der Waals surface area contributed by atoms with Crippen LogP contribution in [0.4, 0.5) is 5.69 Å². The Bertz CT molecular complexity index is 518. The second-order valence-corrected chi connectivity index (χ2v) is 4.87. The van der Waals surface area contributed by atoms with Crippen molar-refractivity contribution in [2.75, 3.05) is 4.90 Å². The van der Waals surface area contributed by atoms with E-state index in [-0.39, 0.29) is 5.91 Å². The van der Waals surface area contributed by atoms with Crippen molar-refractivity contribution in [1.82, 2.24) is 0 Å². The topological polar surface area (TPSA) is 20.3 Å².